The maximum atomic E-state index is 12.3. The lowest BCUT2D eigenvalue weighted by Gasteiger charge is -2.32. The molecule has 1 amide bonds. The van der Waals surface area contributed by atoms with Crippen LogP contribution in [0.3, 0.4) is 0 Å². The van der Waals surface area contributed by atoms with Gasteiger partial charge in [0.15, 0.2) is 0 Å². The van der Waals surface area contributed by atoms with E-state index >= 15 is 0 Å². The van der Waals surface area contributed by atoms with Gasteiger partial charge in [-0.15, -0.1) is 0 Å². The second-order valence-electron chi connectivity index (χ2n) is 6.51. The highest BCUT2D eigenvalue weighted by atomic mass is 16.5. The topological polar surface area (TPSA) is 47.4 Å². The fraction of sp³-hybridized carbons (Fsp3) is 0.765. The molecule has 1 atom stereocenters. The van der Waals surface area contributed by atoms with Crippen LogP contribution in [-0.2, 0) is 16.1 Å². The van der Waals surface area contributed by atoms with Gasteiger partial charge in [-0.25, -0.2) is 4.98 Å². The van der Waals surface area contributed by atoms with E-state index in [1.54, 1.807) is 0 Å². The Balaban J connectivity index is 1.58. The maximum Gasteiger partial charge on any atom is 0.224 e. The molecule has 22 heavy (non-hydrogen) atoms. The van der Waals surface area contributed by atoms with Crippen LogP contribution in [0.5, 0.6) is 0 Å². The average Bonchev–Trinajstić information content (AvgIpc) is 3.23. The minimum absolute atomic E-state index is 0.221. The van der Waals surface area contributed by atoms with Crippen LogP contribution in [-0.4, -0.2) is 46.7 Å². The van der Waals surface area contributed by atoms with Gasteiger partial charge >= 0.3 is 0 Å². The van der Waals surface area contributed by atoms with Crippen LogP contribution in [0.15, 0.2) is 12.4 Å². The summed E-state index contributed by atoms with van der Waals surface area (Å²) in [7, 11) is 0. The Hall–Kier alpha value is -1.36. The van der Waals surface area contributed by atoms with Gasteiger partial charge < -0.3 is 14.2 Å². The molecule has 5 nitrogen and oxygen atoms in total. The van der Waals surface area contributed by atoms with Crippen molar-refractivity contribution in [2.75, 3.05) is 26.3 Å². The third kappa shape index (κ3) is 3.88. The molecule has 1 aromatic heterocycles. The Bertz CT molecular complexity index is 496. The fourth-order valence-corrected chi connectivity index (χ4v) is 3.29. The second kappa shape index (κ2) is 7.27. The monoisotopic (exact) mass is 305 g/mol. The maximum absolute atomic E-state index is 12.3. The molecule has 0 aromatic carbocycles. The van der Waals surface area contributed by atoms with E-state index in [9.17, 15) is 4.79 Å². The molecule has 0 bridgehead atoms. The zero-order valence-corrected chi connectivity index (χ0v) is 13.5. The number of carbonyl (C=O) groups is 1. The number of hydrogen-bond acceptors (Lipinski definition) is 3. The molecule has 0 N–H and O–H groups in total. The van der Waals surface area contributed by atoms with Gasteiger partial charge in [0.1, 0.15) is 5.82 Å². The number of piperidine rings is 1. The molecular weight excluding hydrogens is 278 g/mol. The molecule has 5 heteroatoms. The van der Waals surface area contributed by atoms with Gasteiger partial charge in [-0.05, 0) is 38.5 Å². The molecular formula is C17H27N3O2. The first kappa shape index (κ1) is 15.5. The molecule has 1 aromatic rings. The average molecular weight is 305 g/mol. The molecule has 122 valence electrons. The summed E-state index contributed by atoms with van der Waals surface area (Å²) < 4.78 is 7.62. The largest absolute Gasteiger partial charge is 0.381 e. The van der Waals surface area contributed by atoms with E-state index in [0.29, 0.717) is 25.6 Å². The first-order valence-electron chi connectivity index (χ1n) is 8.64. The molecule has 3 rings (SSSR count). The Morgan fingerprint density at radius 1 is 1.41 bits per heavy atom. The summed E-state index contributed by atoms with van der Waals surface area (Å²) in [5.41, 5.74) is 0. The lowest BCUT2D eigenvalue weighted by atomic mass is 9.96. The predicted molar refractivity (Wildman–Crippen MR) is 84.6 cm³/mol. The van der Waals surface area contributed by atoms with Crippen molar-refractivity contribution < 1.29 is 9.53 Å². The van der Waals surface area contributed by atoms with Crippen molar-refractivity contribution in [2.45, 2.75) is 51.5 Å². The number of ether oxygens (including phenoxy) is 1. The number of carbonyl (C=O) groups excluding carboxylic acids is 1. The van der Waals surface area contributed by atoms with E-state index in [2.05, 4.69) is 15.7 Å². The van der Waals surface area contributed by atoms with E-state index < -0.39 is 0 Å². The van der Waals surface area contributed by atoms with Gasteiger partial charge in [-0.2, -0.15) is 0 Å². The molecule has 2 heterocycles. The molecule has 1 aliphatic carbocycles. The molecule has 0 radical (unpaired) electrons. The van der Waals surface area contributed by atoms with E-state index in [4.69, 9.17) is 4.74 Å². The van der Waals surface area contributed by atoms with Crippen molar-refractivity contribution in [2.24, 2.45) is 5.92 Å². The quantitative estimate of drug-likeness (QED) is 0.727. The summed E-state index contributed by atoms with van der Waals surface area (Å²) in [5, 5.41) is 0. The van der Waals surface area contributed by atoms with Gasteiger partial charge in [0.2, 0.25) is 5.91 Å². The van der Waals surface area contributed by atoms with Crippen LogP contribution in [0.2, 0.25) is 0 Å². The smallest absolute Gasteiger partial charge is 0.224 e. The van der Waals surface area contributed by atoms with Gasteiger partial charge in [-0.3, -0.25) is 4.79 Å². The third-order valence-corrected chi connectivity index (χ3v) is 4.70. The van der Waals surface area contributed by atoms with Crippen LogP contribution in [0.4, 0.5) is 0 Å². The highest BCUT2D eigenvalue weighted by Crippen LogP contribution is 2.33. The van der Waals surface area contributed by atoms with Crippen LogP contribution in [0, 0.1) is 5.92 Å². The standard InChI is InChI=1S/C17H27N3O2/c1-2-22-11-7-16(21)19-9-3-4-15(13-19)17-18-8-10-20(17)12-14-5-6-14/h8,10,14-15H,2-7,9,11-13H2,1H3/t15-/m1/s1. The van der Waals surface area contributed by atoms with Crippen molar-refractivity contribution >= 4 is 5.91 Å². The van der Waals surface area contributed by atoms with Crippen molar-refractivity contribution in [1.29, 1.82) is 0 Å². The molecule has 2 fully saturated rings. The summed E-state index contributed by atoms with van der Waals surface area (Å²) in [6.45, 7) is 5.96. The first-order chi connectivity index (χ1) is 10.8. The third-order valence-electron chi connectivity index (χ3n) is 4.70. The van der Waals surface area contributed by atoms with Gasteiger partial charge in [-0.1, -0.05) is 0 Å². The SMILES string of the molecule is CCOCCC(=O)N1CCC[C@@H](c2nccn2CC2CC2)C1. The lowest BCUT2D eigenvalue weighted by Crippen LogP contribution is -2.40. The van der Waals surface area contributed by atoms with Crippen molar-refractivity contribution in [3.8, 4) is 0 Å². The van der Waals surface area contributed by atoms with Gasteiger partial charge in [0.25, 0.3) is 0 Å². The molecule has 0 spiro atoms. The minimum Gasteiger partial charge on any atom is -0.381 e. The van der Waals surface area contributed by atoms with E-state index in [-0.39, 0.29) is 5.91 Å². The normalized spacial score (nSPS) is 22.0. The summed E-state index contributed by atoms with van der Waals surface area (Å²) in [4.78, 5) is 18.9. The van der Waals surface area contributed by atoms with E-state index in [0.717, 1.165) is 38.4 Å². The van der Waals surface area contributed by atoms with Crippen molar-refractivity contribution in [3.63, 3.8) is 0 Å². The van der Waals surface area contributed by atoms with Crippen molar-refractivity contribution in [3.05, 3.63) is 18.2 Å². The number of amides is 1. The predicted octanol–water partition coefficient (Wildman–Crippen LogP) is 2.43. The van der Waals surface area contributed by atoms with Crippen LogP contribution in [0.1, 0.15) is 50.8 Å². The zero-order valence-electron chi connectivity index (χ0n) is 13.5. The fourth-order valence-electron chi connectivity index (χ4n) is 3.29. The Labute approximate surface area is 132 Å². The number of imidazole rings is 1. The highest BCUT2D eigenvalue weighted by Gasteiger charge is 2.29. The molecule has 1 saturated carbocycles. The zero-order chi connectivity index (χ0) is 15.4. The van der Waals surface area contributed by atoms with Crippen LogP contribution >= 0.6 is 0 Å². The molecule has 2 aliphatic rings. The minimum atomic E-state index is 0.221. The number of nitrogens with zero attached hydrogens (tertiary/aromatic N) is 3. The Morgan fingerprint density at radius 3 is 3.05 bits per heavy atom. The number of rotatable bonds is 7. The van der Waals surface area contributed by atoms with Crippen molar-refractivity contribution in [1.82, 2.24) is 14.5 Å². The molecule has 1 aliphatic heterocycles. The summed E-state index contributed by atoms with van der Waals surface area (Å²) in [6.07, 6.45) is 9.42. The Morgan fingerprint density at radius 2 is 2.27 bits per heavy atom. The number of aromatic nitrogens is 2. The van der Waals surface area contributed by atoms with Crippen LogP contribution in [0.25, 0.3) is 0 Å². The summed E-state index contributed by atoms with van der Waals surface area (Å²) in [5.74, 6) is 2.63. The molecule has 0 unspecified atom stereocenters. The highest BCUT2D eigenvalue weighted by molar-refractivity contribution is 5.76. The molecule has 1 saturated heterocycles. The second-order valence-corrected chi connectivity index (χ2v) is 6.51. The van der Waals surface area contributed by atoms with Crippen LogP contribution < -0.4 is 0 Å². The van der Waals surface area contributed by atoms with E-state index in [1.807, 2.05) is 18.0 Å². The lowest BCUT2D eigenvalue weighted by molar-refractivity contribution is -0.133. The Kier molecular flexibility index (Phi) is 5.13. The van der Waals surface area contributed by atoms with Gasteiger partial charge in [0, 0.05) is 44.6 Å². The first-order valence-corrected chi connectivity index (χ1v) is 8.64. The number of hydrogen-bond donors (Lipinski definition) is 0. The number of likely N-dealkylation sites (tertiary alicyclic amines) is 1. The van der Waals surface area contributed by atoms with Gasteiger partial charge in [0.05, 0.1) is 13.0 Å². The van der Waals surface area contributed by atoms with E-state index in [1.165, 1.54) is 18.7 Å². The summed E-state index contributed by atoms with van der Waals surface area (Å²) in [6, 6.07) is 0. The summed E-state index contributed by atoms with van der Waals surface area (Å²) >= 11 is 0.